The van der Waals surface area contributed by atoms with Gasteiger partial charge in [-0.15, -0.1) is 12.4 Å². The van der Waals surface area contributed by atoms with E-state index in [9.17, 15) is 24.2 Å². The number of esters is 1. The van der Waals surface area contributed by atoms with Gasteiger partial charge in [-0.3, -0.25) is 4.79 Å². The lowest BCUT2D eigenvalue weighted by Gasteiger charge is -2.32. The van der Waals surface area contributed by atoms with Crippen molar-refractivity contribution in [1.82, 2.24) is 9.55 Å². The molecule has 0 spiro atoms. The van der Waals surface area contributed by atoms with E-state index in [0.29, 0.717) is 41.7 Å². The van der Waals surface area contributed by atoms with Gasteiger partial charge in [0.25, 0.3) is 5.56 Å². The number of carbonyl (C=O) groups excluding carboxylic acids is 1. The van der Waals surface area contributed by atoms with Crippen LogP contribution in [0.15, 0.2) is 16.9 Å². The molecule has 3 atom stereocenters. The van der Waals surface area contributed by atoms with Gasteiger partial charge in [0.1, 0.15) is 12.4 Å². The molecule has 2 aromatic heterocycles. The van der Waals surface area contributed by atoms with E-state index >= 15 is 0 Å². The summed E-state index contributed by atoms with van der Waals surface area (Å²) in [5, 5.41) is 21.6. The van der Waals surface area contributed by atoms with E-state index in [1.54, 1.807) is 24.5 Å². The van der Waals surface area contributed by atoms with Gasteiger partial charge in [0.2, 0.25) is 0 Å². The highest BCUT2D eigenvalue weighted by Crippen LogP contribution is 2.47. The maximum atomic E-state index is 14.9. The Bertz CT molecular complexity index is 1540. The molecule has 4 N–H and O–H groups in total. The van der Waals surface area contributed by atoms with Gasteiger partial charge in [-0.2, -0.15) is 0 Å². The number of hydrogen-bond donors (Lipinski definition) is 3. The minimum absolute atomic E-state index is 0. The summed E-state index contributed by atoms with van der Waals surface area (Å²) >= 11 is 0. The molecule has 1 aliphatic carbocycles. The number of halogens is 2. The van der Waals surface area contributed by atoms with E-state index in [0.717, 1.165) is 22.1 Å². The van der Waals surface area contributed by atoms with Gasteiger partial charge in [-0.1, -0.05) is 6.92 Å². The smallest absolute Gasteiger partial charge is 0.343 e. The van der Waals surface area contributed by atoms with Crippen LogP contribution in [0, 0.1) is 12.7 Å². The summed E-state index contributed by atoms with van der Waals surface area (Å²) < 4.78 is 21.7. The molecule has 0 amide bonds. The first-order valence-electron chi connectivity index (χ1n) is 12.4. The quantitative estimate of drug-likeness (QED) is 0.347. The van der Waals surface area contributed by atoms with Crippen LogP contribution in [0.25, 0.3) is 22.3 Å². The Balaban J connectivity index is 0.00000280. The lowest BCUT2D eigenvalue weighted by Crippen LogP contribution is -2.44. The molecule has 37 heavy (non-hydrogen) atoms. The standard InChI is InChI=1S/C27H28FN3O5.ClH/c1-3-27(35)17-8-21-24-15(10-31(21)25(33)16(17)11-36-26(27)34)22-14(19(29)6-7-32)5-4-13-12(2)18(28)9-20(30-24)23(13)22;/h8-9,14,19,32,35H,3-7,10-11,29H2,1-2H3;1H/t14-,19-,27+;/m1./s1. The molecule has 1 aromatic carbocycles. The zero-order chi connectivity index (χ0) is 25.5. The van der Waals surface area contributed by atoms with Crippen LogP contribution in [0.5, 0.6) is 0 Å². The Labute approximate surface area is 218 Å². The van der Waals surface area contributed by atoms with Gasteiger partial charge < -0.3 is 25.3 Å². The second kappa shape index (κ2) is 8.87. The highest BCUT2D eigenvalue weighted by Gasteiger charge is 2.46. The van der Waals surface area contributed by atoms with Crippen LogP contribution in [-0.2, 0) is 34.7 Å². The highest BCUT2D eigenvalue weighted by atomic mass is 35.5. The van der Waals surface area contributed by atoms with Gasteiger partial charge in [0.05, 0.1) is 29.0 Å². The number of aryl methyl sites for hydroxylation is 1. The van der Waals surface area contributed by atoms with Crippen LogP contribution in [0.3, 0.4) is 0 Å². The zero-order valence-corrected chi connectivity index (χ0v) is 21.5. The summed E-state index contributed by atoms with van der Waals surface area (Å²) in [5.74, 6) is -1.21. The van der Waals surface area contributed by atoms with Crippen LogP contribution in [0.2, 0.25) is 0 Å². The first kappa shape index (κ1) is 25.8. The maximum Gasteiger partial charge on any atom is 0.343 e. The van der Waals surface area contributed by atoms with Crippen molar-refractivity contribution in [3.8, 4) is 11.4 Å². The number of aliphatic hydroxyl groups is 2. The van der Waals surface area contributed by atoms with Gasteiger partial charge in [-0.25, -0.2) is 14.2 Å². The SMILES string of the molecule is CC[C@@]1(O)C(=O)OCc2c1cc1n(c2=O)Cc2c-1nc1cc(F)c(C)c3c1c2[C@@H]([C@H](N)CCO)CC3.Cl. The number of rotatable bonds is 4. The molecule has 0 fully saturated rings. The summed E-state index contributed by atoms with van der Waals surface area (Å²) in [6.07, 6.45) is 1.82. The normalized spacial score (nSPS) is 22.1. The van der Waals surface area contributed by atoms with Gasteiger partial charge in [-0.05, 0) is 55.4 Å². The van der Waals surface area contributed by atoms with E-state index in [2.05, 4.69) is 0 Å². The van der Waals surface area contributed by atoms with Gasteiger partial charge in [0, 0.05) is 41.1 Å². The van der Waals surface area contributed by atoms with Crippen molar-refractivity contribution in [2.24, 2.45) is 5.73 Å². The second-order valence-corrected chi connectivity index (χ2v) is 10.1. The fourth-order valence-corrected chi connectivity index (χ4v) is 6.37. The predicted octanol–water partition coefficient (Wildman–Crippen LogP) is 2.69. The molecule has 3 aliphatic rings. The molecule has 0 bridgehead atoms. The molecule has 0 saturated heterocycles. The molecule has 196 valence electrons. The minimum atomic E-state index is -1.92. The number of aromatic nitrogens is 2. The topological polar surface area (TPSA) is 128 Å². The maximum absolute atomic E-state index is 14.9. The molecule has 0 radical (unpaired) electrons. The summed E-state index contributed by atoms with van der Waals surface area (Å²) in [6.45, 7) is 3.44. The molecule has 6 rings (SSSR count). The van der Waals surface area contributed by atoms with Crippen molar-refractivity contribution in [3.63, 3.8) is 0 Å². The Morgan fingerprint density at radius 3 is 2.76 bits per heavy atom. The van der Waals surface area contributed by atoms with E-state index in [1.165, 1.54) is 6.07 Å². The Morgan fingerprint density at radius 2 is 2.05 bits per heavy atom. The monoisotopic (exact) mass is 529 g/mol. The number of hydrogen-bond acceptors (Lipinski definition) is 7. The summed E-state index contributed by atoms with van der Waals surface area (Å²) in [7, 11) is 0. The fourth-order valence-electron chi connectivity index (χ4n) is 6.37. The van der Waals surface area contributed by atoms with E-state index in [1.807, 2.05) is 0 Å². The van der Waals surface area contributed by atoms with Crippen LogP contribution in [-0.4, -0.2) is 38.4 Å². The molecule has 3 aromatic rings. The number of fused-ring (bicyclic) bond motifs is 5. The van der Waals surface area contributed by atoms with Gasteiger partial charge in [0.15, 0.2) is 5.60 Å². The number of pyridine rings is 2. The zero-order valence-electron chi connectivity index (χ0n) is 20.6. The van der Waals surface area contributed by atoms with Crippen molar-refractivity contribution < 1.29 is 24.1 Å². The number of cyclic esters (lactones) is 1. The number of ether oxygens (including phenoxy) is 1. The first-order chi connectivity index (χ1) is 17.2. The fraction of sp³-hybridized carbons (Fsp3) is 0.444. The van der Waals surface area contributed by atoms with Crippen LogP contribution >= 0.6 is 12.4 Å². The van der Waals surface area contributed by atoms with E-state index in [-0.39, 0.29) is 73.0 Å². The summed E-state index contributed by atoms with van der Waals surface area (Å²) in [5.41, 5.74) is 9.59. The minimum Gasteiger partial charge on any atom is -0.458 e. The van der Waals surface area contributed by atoms with E-state index in [4.69, 9.17) is 15.5 Å². The molecule has 8 nitrogen and oxygen atoms in total. The largest absolute Gasteiger partial charge is 0.458 e. The third-order valence-electron chi connectivity index (χ3n) is 8.40. The molecule has 10 heteroatoms. The first-order valence-corrected chi connectivity index (χ1v) is 12.4. The number of nitrogens with zero attached hydrogens (tertiary/aromatic N) is 2. The van der Waals surface area contributed by atoms with Crippen LogP contribution in [0.4, 0.5) is 4.39 Å². The van der Waals surface area contributed by atoms with E-state index < -0.39 is 11.6 Å². The van der Waals surface area contributed by atoms with Crippen molar-refractivity contribution in [2.75, 3.05) is 6.61 Å². The number of carbonyl (C=O) groups is 1. The molecular formula is C27H29ClFN3O5. The lowest BCUT2D eigenvalue weighted by molar-refractivity contribution is -0.172. The van der Waals surface area contributed by atoms with Crippen LogP contribution < -0.4 is 11.3 Å². The van der Waals surface area contributed by atoms with Crippen LogP contribution in [0.1, 0.15) is 65.5 Å². The highest BCUT2D eigenvalue weighted by molar-refractivity contribution is 5.93. The van der Waals surface area contributed by atoms with Crippen molar-refractivity contribution in [2.45, 2.75) is 70.2 Å². The Kier molecular flexibility index (Phi) is 6.18. The summed E-state index contributed by atoms with van der Waals surface area (Å²) in [6, 6.07) is 2.78. The molecule has 4 heterocycles. The third kappa shape index (κ3) is 3.41. The lowest BCUT2D eigenvalue weighted by atomic mass is 9.74. The summed E-state index contributed by atoms with van der Waals surface area (Å²) in [4.78, 5) is 30.9. The van der Waals surface area contributed by atoms with Gasteiger partial charge >= 0.3 is 5.97 Å². The Hall–Kier alpha value is -2.85. The molecule has 2 aliphatic heterocycles. The average molecular weight is 530 g/mol. The predicted molar refractivity (Wildman–Crippen MR) is 137 cm³/mol. The van der Waals surface area contributed by atoms with Crippen molar-refractivity contribution in [1.29, 1.82) is 0 Å². The Morgan fingerprint density at radius 1 is 1.30 bits per heavy atom. The number of aliphatic hydroxyl groups excluding tert-OH is 1. The molecular weight excluding hydrogens is 501 g/mol. The molecule has 0 unspecified atom stereocenters. The average Bonchev–Trinajstić information content (AvgIpc) is 3.24. The van der Waals surface area contributed by atoms with Crippen molar-refractivity contribution >= 4 is 29.3 Å². The second-order valence-electron chi connectivity index (χ2n) is 10.1. The third-order valence-corrected chi connectivity index (χ3v) is 8.40. The number of benzene rings is 1. The molecule has 0 saturated carbocycles. The number of nitrogens with two attached hydrogens (primary N) is 1. The van der Waals surface area contributed by atoms with Crippen molar-refractivity contribution in [3.05, 3.63) is 61.7 Å².